The zero-order chi connectivity index (χ0) is 22.7. The summed E-state index contributed by atoms with van der Waals surface area (Å²) in [7, 11) is 1.63. The molecule has 4 aromatic rings. The van der Waals surface area contributed by atoms with Crippen LogP contribution in [0.25, 0.3) is 22.2 Å². The van der Waals surface area contributed by atoms with Crippen molar-refractivity contribution in [3.8, 4) is 11.3 Å². The van der Waals surface area contributed by atoms with Crippen LogP contribution in [-0.2, 0) is 5.41 Å². The third kappa shape index (κ3) is 4.20. The molecule has 0 atom stereocenters. The van der Waals surface area contributed by atoms with Crippen LogP contribution in [0.3, 0.4) is 0 Å². The number of anilines is 2. The highest BCUT2D eigenvalue weighted by molar-refractivity contribution is 6.06. The Kier molecular flexibility index (Phi) is 5.68. The molecular formula is C24H25N7O. The average Bonchev–Trinajstić information content (AvgIpc) is 2.82. The standard InChI is InChI=1S/C24H25N7O/c1-24(2,18-6-4-5-16-17(23(32)26-3)9-10-27-22(16)18)13-29-21-11-19(30-14-31-21)15-7-8-20(25)28-12-15/h4-12,14H,13H2,1-3H3,(H2,25,28)(H,26,32)(H,29,30,31). The van der Waals surface area contributed by atoms with Crippen molar-refractivity contribution in [3.05, 3.63) is 72.3 Å². The molecule has 0 bridgehead atoms. The molecule has 4 N–H and O–H groups in total. The molecule has 0 saturated heterocycles. The molecule has 0 radical (unpaired) electrons. The predicted molar refractivity (Wildman–Crippen MR) is 126 cm³/mol. The minimum absolute atomic E-state index is 0.129. The highest BCUT2D eigenvalue weighted by Gasteiger charge is 2.25. The summed E-state index contributed by atoms with van der Waals surface area (Å²) in [4.78, 5) is 29.7. The number of carbonyl (C=O) groups is 1. The van der Waals surface area contributed by atoms with Gasteiger partial charge >= 0.3 is 0 Å². The minimum Gasteiger partial charge on any atom is -0.384 e. The van der Waals surface area contributed by atoms with Crippen LogP contribution in [0.15, 0.2) is 61.2 Å². The number of rotatable bonds is 6. The molecule has 32 heavy (non-hydrogen) atoms. The number of para-hydroxylation sites is 1. The fourth-order valence-electron chi connectivity index (χ4n) is 3.63. The summed E-state index contributed by atoms with van der Waals surface area (Å²) in [6.45, 7) is 4.87. The second kappa shape index (κ2) is 8.58. The van der Waals surface area contributed by atoms with Crippen LogP contribution >= 0.6 is 0 Å². The molecule has 8 heteroatoms. The smallest absolute Gasteiger partial charge is 0.251 e. The summed E-state index contributed by atoms with van der Waals surface area (Å²) in [5.41, 5.74) is 9.48. The van der Waals surface area contributed by atoms with Crippen LogP contribution < -0.4 is 16.4 Å². The lowest BCUT2D eigenvalue weighted by Gasteiger charge is -2.27. The summed E-state index contributed by atoms with van der Waals surface area (Å²) in [6, 6.07) is 13.2. The Balaban J connectivity index is 1.60. The van der Waals surface area contributed by atoms with Gasteiger partial charge in [-0.2, -0.15) is 0 Å². The highest BCUT2D eigenvalue weighted by atomic mass is 16.1. The lowest BCUT2D eigenvalue weighted by Crippen LogP contribution is -2.28. The number of fused-ring (bicyclic) bond motifs is 1. The molecule has 0 spiro atoms. The molecule has 0 saturated carbocycles. The fourth-order valence-corrected chi connectivity index (χ4v) is 3.63. The molecule has 0 fully saturated rings. The van der Waals surface area contributed by atoms with Gasteiger partial charge in [0, 0.05) is 48.4 Å². The van der Waals surface area contributed by atoms with Crippen molar-refractivity contribution in [1.82, 2.24) is 25.3 Å². The average molecular weight is 428 g/mol. The monoisotopic (exact) mass is 427 g/mol. The molecule has 0 aliphatic carbocycles. The zero-order valence-corrected chi connectivity index (χ0v) is 18.3. The molecule has 4 rings (SSSR count). The Bertz CT molecular complexity index is 1270. The van der Waals surface area contributed by atoms with Gasteiger partial charge in [0.15, 0.2) is 0 Å². The van der Waals surface area contributed by atoms with Crippen molar-refractivity contribution in [2.45, 2.75) is 19.3 Å². The van der Waals surface area contributed by atoms with Gasteiger partial charge in [-0.3, -0.25) is 9.78 Å². The molecule has 8 nitrogen and oxygen atoms in total. The van der Waals surface area contributed by atoms with Crippen LogP contribution in [-0.4, -0.2) is 39.4 Å². The molecule has 3 heterocycles. The van der Waals surface area contributed by atoms with Crippen LogP contribution in [0.1, 0.15) is 29.8 Å². The summed E-state index contributed by atoms with van der Waals surface area (Å²) in [5.74, 6) is 1.04. The SMILES string of the molecule is CNC(=O)c1ccnc2c(C(C)(C)CNc3cc(-c4ccc(N)nc4)ncn3)cccc12. The van der Waals surface area contributed by atoms with Gasteiger partial charge in [0.1, 0.15) is 18.0 Å². The third-order valence-electron chi connectivity index (χ3n) is 5.43. The van der Waals surface area contributed by atoms with E-state index in [-0.39, 0.29) is 11.3 Å². The van der Waals surface area contributed by atoms with Crippen LogP contribution in [0, 0.1) is 0 Å². The van der Waals surface area contributed by atoms with E-state index < -0.39 is 0 Å². The summed E-state index contributed by atoms with van der Waals surface area (Å²) in [6.07, 6.45) is 4.89. The summed E-state index contributed by atoms with van der Waals surface area (Å²) < 4.78 is 0. The van der Waals surface area contributed by atoms with E-state index in [1.54, 1.807) is 31.6 Å². The van der Waals surface area contributed by atoms with E-state index in [2.05, 4.69) is 50.5 Å². The van der Waals surface area contributed by atoms with Crippen molar-refractivity contribution >= 4 is 28.4 Å². The van der Waals surface area contributed by atoms with Crippen molar-refractivity contribution in [2.24, 2.45) is 0 Å². The number of benzene rings is 1. The summed E-state index contributed by atoms with van der Waals surface area (Å²) in [5, 5.41) is 6.94. The molecule has 0 unspecified atom stereocenters. The van der Waals surface area contributed by atoms with Crippen molar-refractivity contribution < 1.29 is 4.79 Å². The number of hydrogen-bond donors (Lipinski definition) is 3. The van der Waals surface area contributed by atoms with Gasteiger partial charge in [-0.25, -0.2) is 15.0 Å². The Morgan fingerprint density at radius 2 is 1.91 bits per heavy atom. The first-order valence-corrected chi connectivity index (χ1v) is 10.3. The topological polar surface area (TPSA) is 119 Å². The van der Waals surface area contributed by atoms with Gasteiger partial charge in [0.2, 0.25) is 0 Å². The van der Waals surface area contributed by atoms with E-state index >= 15 is 0 Å². The second-order valence-electron chi connectivity index (χ2n) is 8.14. The first-order chi connectivity index (χ1) is 15.4. The normalized spacial score (nSPS) is 11.3. The van der Waals surface area contributed by atoms with Crippen LogP contribution in [0.2, 0.25) is 0 Å². The third-order valence-corrected chi connectivity index (χ3v) is 5.43. The molecule has 1 aromatic carbocycles. The number of nitrogens with one attached hydrogen (secondary N) is 2. The van der Waals surface area contributed by atoms with E-state index in [0.29, 0.717) is 23.7 Å². The maximum atomic E-state index is 12.3. The fraction of sp³-hybridized carbons (Fsp3) is 0.208. The lowest BCUT2D eigenvalue weighted by atomic mass is 9.82. The Morgan fingerprint density at radius 3 is 2.66 bits per heavy atom. The highest BCUT2D eigenvalue weighted by Crippen LogP contribution is 2.31. The summed E-state index contributed by atoms with van der Waals surface area (Å²) >= 11 is 0. The van der Waals surface area contributed by atoms with E-state index in [4.69, 9.17) is 5.73 Å². The van der Waals surface area contributed by atoms with E-state index in [1.807, 2.05) is 24.3 Å². The Labute approximate surface area is 186 Å². The van der Waals surface area contributed by atoms with Crippen molar-refractivity contribution in [1.29, 1.82) is 0 Å². The first-order valence-electron chi connectivity index (χ1n) is 10.3. The number of nitrogens with zero attached hydrogens (tertiary/aromatic N) is 4. The van der Waals surface area contributed by atoms with Gasteiger partial charge in [-0.05, 0) is 23.8 Å². The second-order valence-corrected chi connectivity index (χ2v) is 8.14. The molecule has 1 amide bonds. The van der Waals surface area contributed by atoms with Gasteiger partial charge in [-0.15, -0.1) is 0 Å². The number of aromatic nitrogens is 4. The van der Waals surface area contributed by atoms with Gasteiger partial charge in [0.25, 0.3) is 5.91 Å². The Morgan fingerprint density at radius 1 is 1.06 bits per heavy atom. The van der Waals surface area contributed by atoms with Crippen LogP contribution in [0.5, 0.6) is 0 Å². The predicted octanol–water partition coefficient (Wildman–Crippen LogP) is 3.42. The van der Waals surface area contributed by atoms with E-state index in [9.17, 15) is 4.79 Å². The van der Waals surface area contributed by atoms with Crippen molar-refractivity contribution in [3.63, 3.8) is 0 Å². The lowest BCUT2D eigenvalue weighted by molar-refractivity contribution is 0.0964. The zero-order valence-electron chi connectivity index (χ0n) is 18.3. The quantitative estimate of drug-likeness (QED) is 0.431. The van der Waals surface area contributed by atoms with E-state index in [1.165, 1.54) is 6.33 Å². The van der Waals surface area contributed by atoms with Crippen molar-refractivity contribution in [2.75, 3.05) is 24.6 Å². The first kappa shape index (κ1) is 21.2. The maximum absolute atomic E-state index is 12.3. The van der Waals surface area contributed by atoms with Gasteiger partial charge < -0.3 is 16.4 Å². The molecule has 0 aliphatic rings. The number of hydrogen-bond acceptors (Lipinski definition) is 7. The maximum Gasteiger partial charge on any atom is 0.251 e. The minimum atomic E-state index is -0.290. The van der Waals surface area contributed by atoms with Gasteiger partial charge in [-0.1, -0.05) is 32.0 Å². The molecule has 162 valence electrons. The Hall–Kier alpha value is -4.07. The number of amides is 1. The number of pyridine rings is 2. The largest absolute Gasteiger partial charge is 0.384 e. The molecule has 0 aliphatic heterocycles. The number of nitrogens with two attached hydrogens (primary N) is 1. The van der Waals surface area contributed by atoms with E-state index in [0.717, 1.165) is 27.7 Å². The van der Waals surface area contributed by atoms with Crippen LogP contribution in [0.4, 0.5) is 11.6 Å². The van der Waals surface area contributed by atoms with Gasteiger partial charge in [0.05, 0.1) is 16.8 Å². The number of carbonyl (C=O) groups excluding carboxylic acids is 1. The molecule has 3 aromatic heterocycles. The molecular weight excluding hydrogens is 402 g/mol. The number of nitrogen functional groups attached to an aromatic ring is 1.